The Kier molecular flexibility index (Phi) is 6.49. The van der Waals surface area contributed by atoms with Crippen molar-refractivity contribution in [2.45, 2.75) is 20.0 Å². The van der Waals surface area contributed by atoms with Crippen LogP contribution in [0.15, 0.2) is 66.7 Å². The minimum Gasteiger partial charge on any atom is -0.497 e. The molecule has 0 amide bonds. The highest BCUT2D eigenvalue weighted by atomic mass is 35.5. The number of ether oxygens (including phenoxy) is 2. The van der Waals surface area contributed by atoms with Crippen molar-refractivity contribution < 1.29 is 24.2 Å². The average molecular weight is 464 g/mol. The zero-order valence-electron chi connectivity index (χ0n) is 18.2. The molecule has 0 aliphatic rings. The highest BCUT2D eigenvalue weighted by Crippen LogP contribution is 2.31. The van der Waals surface area contributed by atoms with Crippen molar-refractivity contribution in [3.05, 3.63) is 94.1 Å². The summed E-state index contributed by atoms with van der Waals surface area (Å²) in [5, 5.41) is 10.6. The first kappa shape index (κ1) is 22.6. The molecule has 3 aromatic carbocycles. The minimum absolute atomic E-state index is 0.0419. The van der Waals surface area contributed by atoms with Crippen LogP contribution in [0.5, 0.6) is 11.5 Å². The maximum absolute atomic E-state index is 13.4. The minimum atomic E-state index is -0.478. The summed E-state index contributed by atoms with van der Waals surface area (Å²) in [5.41, 5.74) is 3.10. The van der Waals surface area contributed by atoms with Gasteiger partial charge in [-0.25, -0.2) is 0 Å². The van der Waals surface area contributed by atoms with Gasteiger partial charge in [-0.3, -0.25) is 14.2 Å². The maximum atomic E-state index is 13.4. The Balaban J connectivity index is 1.74. The molecule has 168 valence electrons. The molecule has 4 aromatic rings. The third-order valence-electron chi connectivity index (χ3n) is 5.47. The fourth-order valence-corrected chi connectivity index (χ4v) is 3.94. The van der Waals surface area contributed by atoms with Gasteiger partial charge < -0.3 is 14.6 Å². The normalized spacial score (nSPS) is 10.9. The van der Waals surface area contributed by atoms with Crippen LogP contribution in [0.1, 0.15) is 27.2 Å². The van der Waals surface area contributed by atoms with Gasteiger partial charge in [-0.15, -0.1) is 0 Å². The lowest BCUT2D eigenvalue weighted by Crippen LogP contribution is -2.15. The van der Waals surface area contributed by atoms with Gasteiger partial charge in [0, 0.05) is 21.7 Å². The van der Waals surface area contributed by atoms with Crippen LogP contribution in [-0.2, 0) is 17.8 Å². The summed E-state index contributed by atoms with van der Waals surface area (Å²) in [6.45, 7) is 1.65. The van der Waals surface area contributed by atoms with E-state index in [1.54, 1.807) is 79.3 Å². The van der Waals surface area contributed by atoms with Crippen molar-refractivity contribution in [1.29, 1.82) is 0 Å². The fourth-order valence-electron chi connectivity index (χ4n) is 3.81. The highest BCUT2D eigenvalue weighted by molar-refractivity contribution is 6.30. The Morgan fingerprint density at radius 2 is 1.76 bits per heavy atom. The van der Waals surface area contributed by atoms with E-state index in [1.807, 2.05) is 6.07 Å². The van der Waals surface area contributed by atoms with E-state index < -0.39 is 5.97 Å². The Bertz CT molecular complexity index is 1340. The third-order valence-corrected chi connectivity index (χ3v) is 5.72. The van der Waals surface area contributed by atoms with Crippen LogP contribution in [0.25, 0.3) is 10.9 Å². The predicted molar refractivity (Wildman–Crippen MR) is 126 cm³/mol. The largest absolute Gasteiger partial charge is 0.497 e. The Labute approximate surface area is 195 Å². The molecule has 0 saturated carbocycles. The van der Waals surface area contributed by atoms with Gasteiger partial charge in [0.05, 0.1) is 25.7 Å². The van der Waals surface area contributed by atoms with Crippen LogP contribution < -0.4 is 9.47 Å². The number of rotatable bonds is 6. The molecule has 1 heterocycles. The Morgan fingerprint density at radius 3 is 2.45 bits per heavy atom. The number of fused-ring (bicyclic) bond motifs is 1. The molecule has 0 aliphatic heterocycles. The first-order valence-electron chi connectivity index (χ1n) is 10.3. The van der Waals surface area contributed by atoms with E-state index >= 15 is 0 Å². The van der Waals surface area contributed by atoms with Crippen molar-refractivity contribution in [3.8, 4) is 11.5 Å². The smallest absolute Gasteiger partial charge is 0.315 e. The number of nitrogens with zero attached hydrogens (tertiary/aromatic N) is 1. The van der Waals surface area contributed by atoms with Gasteiger partial charge in [0.15, 0.2) is 0 Å². The topological polar surface area (TPSA) is 77.8 Å². The SMILES string of the molecule is COc1ccc2c(c1)c(CC(=O)Oc1cccc(CO)c1)c(C)n2C(=O)c1ccc(Cl)cc1. The number of methoxy groups -OCH3 is 1. The summed E-state index contributed by atoms with van der Waals surface area (Å²) >= 11 is 5.97. The quantitative estimate of drug-likeness (QED) is 0.323. The lowest BCUT2D eigenvalue weighted by Gasteiger charge is -2.08. The standard InChI is InChI=1S/C26H22ClNO5/c1-16-22(14-25(30)33-21-5-3-4-17(12-21)15-29)23-13-20(32-2)10-11-24(23)28(16)26(31)18-6-8-19(27)9-7-18/h3-13,29H,14-15H2,1-2H3. The zero-order chi connectivity index (χ0) is 23.5. The summed E-state index contributed by atoms with van der Waals surface area (Å²) in [6, 6.07) is 18.8. The molecule has 1 aromatic heterocycles. The van der Waals surface area contributed by atoms with E-state index in [0.717, 1.165) is 5.39 Å². The van der Waals surface area contributed by atoms with Crippen molar-refractivity contribution in [2.24, 2.45) is 0 Å². The number of aliphatic hydroxyl groups excluding tert-OH is 1. The molecular weight excluding hydrogens is 442 g/mol. The first-order valence-corrected chi connectivity index (χ1v) is 10.7. The van der Waals surface area contributed by atoms with Crippen LogP contribution in [0.3, 0.4) is 0 Å². The molecule has 6 nitrogen and oxygen atoms in total. The number of esters is 1. The third kappa shape index (κ3) is 4.62. The molecule has 33 heavy (non-hydrogen) atoms. The molecule has 0 radical (unpaired) electrons. The number of hydrogen-bond acceptors (Lipinski definition) is 5. The van der Waals surface area contributed by atoms with E-state index in [2.05, 4.69) is 0 Å². The van der Waals surface area contributed by atoms with E-state index in [-0.39, 0.29) is 18.9 Å². The monoisotopic (exact) mass is 463 g/mol. The molecule has 0 unspecified atom stereocenters. The maximum Gasteiger partial charge on any atom is 0.315 e. The van der Waals surface area contributed by atoms with Crippen molar-refractivity contribution in [2.75, 3.05) is 7.11 Å². The lowest BCUT2D eigenvalue weighted by atomic mass is 10.1. The van der Waals surface area contributed by atoms with Crippen molar-refractivity contribution in [3.63, 3.8) is 0 Å². The highest BCUT2D eigenvalue weighted by Gasteiger charge is 2.22. The fraction of sp³-hybridized carbons (Fsp3) is 0.154. The van der Waals surface area contributed by atoms with Crippen molar-refractivity contribution in [1.82, 2.24) is 4.57 Å². The van der Waals surface area contributed by atoms with Gasteiger partial charge in [0.2, 0.25) is 0 Å². The number of aromatic nitrogens is 1. The number of aliphatic hydroxyl groups is 1. The first-order chi connectivity index (χ1) is 15.9. The Morgan fingerprint density at radius 1 is 1.00 bits per heavy atom. The van der Waals surface area contributed by atoms with Gasteiger partial charge in [-0.2, -0.15) is 0 Å². The molecule has 0 fully saturated rings. The van der Waals surface area contributed by atoms with Crippen LogP contribution in [0, 0.1) is 6.92 Å². The van der Waals surface area contributed by atoms with Gasteiger partial charge >= 0.3 is 5.97 Å². The number of carbonyl (C=O) groups excluding carboxylic acids is 2. The second-order valence-corrected chi connectivity index (χ2v) is 7.99. The summed E-state index contributed by atoms with van der Waals surface area (Å²) in [4.78, 5) is 26.1. The van der Waals surface area contributed by atoms with Gasteiger partial charge in [0.1, 0.15) is 11.5 Å². The number of carbonyl (C=O) groups is 2. The molecule has 1 N–H and O–H groups in total. The second kappa shape index (κ2) is 9.48. The van der Waals surface area contributed by atoms with Crippen LogP contribution >= 0.6 is 11.6 Å². The van der Waals surface area contributed by atoms with E-state index in [0.29, 0.717) is 44.4 Å². The molecule has 0 aliphatic carbocycles. The predicted octanol–water partition coefficient (Wildman–Crippen LogP) is 4.94. The summed E-state index contributed by atoms with van der Waals surface area (Å²) in [7, 11) is 1.56. The molecule has 0 atom stereocenters. The lowest BCUT2D eigenvalue weighted by molar-refractivity contribution is -0.133. The van der Waals surface area contributed by atoms with Crippen molar-refractivity contribution >= 4 is 34.4 Å². The Hall–Kier alpha value is -3.61. The summed E-state index contributed by atoms with van der Waals surface area (Å²) < 4.78 is 12.5. The molecule has 4 rings (SSSR count). The summed E-state index contributed by atoms with van der Waals surface area (Å²) in [6.07, 6.45) is -0.0419. The van der Waals surface area contributed by atoms with E-state index in [4.69, 9.17) is 21.1 Å². The number of hydrogen-bond donors (Lipinski definition) is 1. The van der Waals surface area contributed by atoms with Gasteiger partial charge in [-0.05, 0) is 72.6 Å². The van der Waals surface area contributed by atoms with E-state index in [1.165, 1.54) is 0 Å². The molecular formula is C26H22ClNO5. The molecule has 0 saturated heterocycles. The number of halogens is 1. The summed E-state index contributed by atoms with van der Waals surface area (Å²) in [5.74, 6) is 0.259. The van der Waals surface area contributed by atoms with Crippen LogP contribution in [0.2, 0.25) is 5.02 Å². The molecule has 7 heteroatoms. The molecule has 0 bridgehead atoms. The zero-order valence-corrected chi connectivity index (χ0v) is 18.9. The molecule has 0 spiro atoms. The van der Waals surface area contributed by atoms with Crippen LogP contribution in [-0.4, -0.2) is 28.7 Å². The van der Waals surface area contributed by atoms with Gasteiger partial charge in [-0.1, -0.05) is 23.7 Å². The number of benzene rings is 3. The van der Waals surface area contributed by atoms with Crippen LogP contribution in [0.4, 0.5) is 0 Å². The van der Waals surface area contributed by atoms with Gasteiger partial charge in [0.25, 0.3) is 5.91 Å². The average Bonchev–Trinajstić information content (AvgIpc) is 3.09. The van der Waals surface area contributed by atoms with E-state index in [9.17, 15) is 14.7 Å². The second-order valence-electron chi connectivity index (χ2n) is 7.55.